The van der Waals surface area contributed by atoms with E-state index in [0.717, 1.165) is 12.8 Å². The van der Waals surface area contributed by atoms with Gasteiger partial charge in [-0.3, -0.25) is 4.79 Å². The van der Waals surface area contributed by atoms with Crippen LogP contribution in [0.1, 0.15) is 52.9 Å². The molecular formula is C13H25NO2. The summed E-state index contributed by atoms with van der Waals surface area (Å²) in [6.07, 6.45) is 5.37. The van der Waals surface area contributed by atoms with Crippen molar-refractivity contribution < 1.29 is 9.90 Å². The normalized spacial score (nSPS) is 32.3. The van der Waals surface area contributed by atoms with Crippen molar-refractivity contribution in [2.75, 3.05) is 0 Å². The first-order chi connectivity index (χ1) is 7.56. The maximum atomic E-state index is 11.1. The van der Waals surface area contributed by atoms with Crippen LogP contribution in [0.15, 0.2) is 0 Å². The third-order valence-electron chi connectivity index (χ3n) is 3.81. The lowest BCUT2D eigenvalue weighted by atomic mass is 9.78. The fourth-order valence-electron chi connectivity index (χ4n) is 2.81. The van der Waals surface area contributed by atoms with E-state index in [1.807, 2.05) is 6.92 Å². The molecule has 0 saturated heterocycles. The second-order valence-electron chi connectivity index (χ2n) is 5.26. The molecule has 3 atom stereocenters. The first-order valence-corrected chi connectivity index (χ1v) is 6.55. The molecule has 0 aromatic carbocycles. The zero-order valence-electron chi connectivity index (χ0n) is 10.7. The summed E-state index contributed by atoms with van der Waals surface area (Å²) in [6.45, 7) is 6.50. The summed E-state index contributed by atoms with van der Waals surface area (Å²) in [5, 5.41) is 12.5. The third kappa shape index (κ3) is 3.48. The molecule has 3 unspecified atom stereocenters. The van der Waals surface area contributed by atoms with Crippen molar-refractivity contribution in [1.82, 2.24) is 5.32 Å². The first kappa shape index (κ1) is 13.5. The van der Waals surface area contributed by atoms with Gasteiger partial charge in [0.2, 0.25) is 0 Å². The van der Waals surface area contributed by atoms with Crippen LogP contribution in [0.3, 0.4) is 0 Å². The molecule has 1 aliphatic carbocycles. The van der Waals surface area contributed by atoms with E-state index >= 15 is 0 Å². The summed E-state index contributed by atoms with van der Waals surface area (Å²) in [6, 6.07) is 0.0133. The van der Waals surface area contributed by atoms with Crippen LogP contribution in [0, 0.1) is 11.8 Å². The van der Waals surface area contributed by atoms with Crippen LogP contribution in [0.2, 0.25) is 0 Å². The molecule has 3 nitrogen and oxygen atoms in total. The molecule has 0 aromatic heterocycles. The summed E-state index contributed by atoms with van der Waals surface area (Å²) in [7, 11) is 0. The lowest BCUT2D eigenvalue weighted by molar-refractivity contribution is -0.140. The topological polar surface area (TPSA) is 49.3 Å². The van der Waals surface area contributed by atoms with Crippen LogP contribution >= 0.6 is 0 Å². The van der Waals surface area contributed by atoms with Crippen LogP contribution in [0.4, 0.5) is 0 Å². The van der Waals surface area contributed by atoms with E-state index in [-0.39, 0.29) is 6.04 Å². The Kier molecular flexibility index (Phi) is 5.26. The van der Waals surface area contributed by atoms with Gasteiger partial charge < -0.3 is 10.4 Å². The number of carboxylic acid groups (broad SMARTS) is 1. The second kappa shape index (κ2) is 6.24. The Morgan fingerprint density at radius 3 is 2.38 bits per heavy atom. The highest BCUT2D eigenvalue weighted by Gasteiger charge is 2.30. The predicted octanol–water partition coefficient (Wildman–Crippen LogP) is 2.65. The Morgan fingerprint density at radius 1 is 1.38 bits per heavy atom. The summed E-state index contributed by atoms with van der Waals surface area (Å²) in [5.74, 6) is 0.497. The largest absolute Gasteiger partial charge is 0.480 e. The Bertz CT molecular complexity index is 220. The maximum Gasteiger partial charge on any atom is 0.320 e. The minimum atomic E-state index is -0.702. The molecule has 1 rings (SSSR count). The highest BCUT2D eigenvalue weighted by Crippen LogP contribution is 2.29. The lowest BCUT2D eigenvalue weighted by Gasteiger charge is -2.37. The van der Waals surface area contributed by atoms with Crippen molar-refractivity contribution in [3.63, 3.8) is 0 Å². The van der Waals surface area contributed by atoms with E-state index in [9.17, 15) is 4.79 Å². The first-order valence-electron chi connectivity index (χ1n) is 6.55. The highest BCUT2D eigenvalue weighted by atomic mass is 16.4. The van der Waals surface area contributed by atoms with Crippen LogP contribution in [0.25, 0.3) is 0 Å². The monoisotopic (exact) mass is 227 g/mol. The van der Waals surface area contributed by atoms with Crippen LogP contribution in [-0.2, 0) is 4.79 Å². The van der Waals surface area contributed by atoms with E-state index in [1.165, 1.54) is 19.3 Å². The second-order valence-corrected chi connectivity index (χ2v) is 5.26. The number of hydrogen-bond acceptors (Lipinski definition) is 2. The van der Waals surface area contributed by atoms with Gasteiger partial charge in [0.05, 0.1) is 0 Å². The fourth-order valence-corrected chi connectivity index (χ4v) is 2.81. The molecule has 1 aliphatic rings. The quantitative estimate of drug-likeness (QED) is 0.759. The van der Waals surface area contributed by atoms with Gasteiger partial charge in [0.1, 0.15) is 6.04 Å². The third-order valence-corrected chi connectivity index (χ3v) is 3.81. The zero-order chi connectivity index (χ0) is 12.1. The molecule has 1 fully saturated rings. The standard InChI is InChI=1S/C13H25NO2/c1-4-6-11(13(15)16)14-12-9(2)7-5-8-10(12)3/h9-12,14H,4-8H2,1-3H3,(H,15,16). The molecular weight excluding hydrogens is 202 g/mol. The number of aliphatic carboxylic acids is 1. The molecule has 0 aromatic rings. The Hall–Kier alpha value is -0.570. The van der Waals surface area contributed by atoms with Gasteiger partial charge in [0.15, 0.2) is 0 Å². The average molecular weight is 227 g/mol. The smallest absolute Gasteiger partial charge is 0.320 e. The summed E-state index contributed by atoms with van der Waals surface area (Å²) < 4.78 is 0. The van der Waals surface area contributed by atoms with Crippen molar-refractivity contribution >= 4 is 5.97 Å². The zero-order valence-corrected chi connectivity index (χ0v) is 10.7. The number of hydrogen-bond donors (Lipinski definition) is 2. The number of rotatable bonds is 5. The van der Waals surface area contributed by atoms with E-state index in [2.05, 4.69) is 19.2 Å². The van der Waals surface area contributed by atoms with Gasteiger partial charge in [-0.15, -0.1) is 0 Å². The van der Waals surface area contributed by atoms with E-state index < -0.39 is 5.97 Å². The van der Waals surface area contributed by atoms with Gasteiger partial charge in [-0.25, -0.2) is 0 Å². The van der Waals surface area contributed by atoms with Crippen molar-refractivity contribution in [1.29, 1.82) is 0 Å². The maximum absolute atomic E-state index is 11.1. The summed E-state index contributed by atoms with van der Waals surface area (Å²) >= 11 is 0. The number of nitrogens with one attached hydrogen (secondary N) is 1. The van der Waals surface area contributed by atoms with Crippen LogP contribution < -0.4 is 5.32 Å². The molecule has 0 radical (unpaired) electrons. The van der Waals surface area contributed by atoms with Crippen molar-refractivity contribution in [3.05, 3.63) is 0 Å². The number of carboxylic acids is 1. The van der Waals surface area contributed by atoms with Crippen molar-refractivity contribution in [2.45, 2.75) is 65.0 Å². The Morgan fingerprint density at radius 2 is 1.94 bits per heavy atom. The molecule has 16 heavy (non-hydrogen) atoms. The molecule has 0 bridgehead atoms. The van der Waals surface area contributed by atoms with Gasteiger partial charge >= 0.3 is 5.97 Å². The molecule has 94 valence electrons. The summed E-state index contributed by atoms with van der Waals surface area (Å²) in [5.41, 5.74) is 0. The minimum Gasteiger partial charge on any atom is -0.480 e. The highest BCUT2D eigenvalue weighted by molar-refractivity contribution is 5.73. The van der Waals surface area contributed by atoms with E-state index in [4.69, 9.17) is 5.11 Å². The fraction of sp³-hybridized carbons (Fsp3) is 0.923. The van der Waals surface area contributed by atoms with E-state index in [1.54, 1.807) is 0 Å². The van der Waals surface area contributed by atoms with Gasteiger partial charge in [-0.2, -0.15) is 0 Å². The molecule has 0 spiro atoms. The molecule has 0 heterocycles. The molecule has 2 N–H and O–H groups in total. The number of carbonyl (C=O) groups is 1. The molecule has 1 saturated carbocycles. The van der Waals surface area contributed by atoms with Crippen molar-refractivity contribution in [2.24, 2.45) is 11.8 Å². The van der Waals surface area contributed by atoms with Gasteiger partial charge in [-0.05, 0) is 31.1 Å². The van der Waals surface area contributed by atoms with E-state index in [0.29, 0.717) is 17.9 Å². The van der Waals surface area contributed by atoms with Crippen LogP contribution in [-0.4, -0.2) is 23.2 Å². The minimum absolute atomic E-state index is 0.363. The SMILES string of the molecule is CCCC(NC1C(C)CCCC1C)C(=O)O. The Balaban J connectivity index is 2.57. The molecule has 0 aliphatic heterocycles. The van der Waals surface area contributed by atoms with Crippen molar-refractivity contribution in [3.8, 4) is 0 Å². The van der Waals surface area contributed by atoms with Gasteiger partial charge in [0.25, 0.3) is 0 Å². The molecule has 3 heteroatoms. The lowest BCUT2D eigenvalue weighted by Crippen LogP contribution is -2.50. The average Bonchev–Trinajstić information content (AvgIpc) is 2.21. The molecule has 0 amide bonds. The Labute approximate surface area is 98.6 Å². The van der Waals surface area contributed by atoms with Crippen LogP contribution in [0.5, 0.6) is 0 Å². The van der Waals surface area contributed by atoms with Gasteiger partial charge in [0, 0.05) is 6.04 Å². The summed E-state index contributed by atoms with van der Waals surface area (Å²) in [4.78, 5) is 11.1. The predicted molar refractivity (Wildman–Crippen MR) is 65.4 cm³/mol. The van der Waals surface area contributed by atoms with Gasteiger partial charge in [-0.1, -0.05) is 33.6 Å².